The molecule has 1 saturated heterocycles. The summed E-state index contributed by atoms with van der Waals surface area (Å²) in [4.78, 5) is 11.7. The van der Waals surface area contributed by atoms with Gasteiger partial charge in [0.1, 0.15) is 0 Å². The normalized spacial score (nSPS) is 19.9. The second-order valence-electron chi connectivity index (χ2n) is 3.85. The van der Waals surface area contributed by atoms with Gasteiger partial charge in [0.25, 0.3) is 5.91 Å². The number of hydrogen-bond donors (Lipinski definition) is 2. The maximum atomic E-state index is 11.7. The predicted octanol–water partition coefficient (Wildman–Crippen LogP) is 0.887. The van der Waals surface area contributed by atoms with Crippen LogP contribution >= 0.6 is 12.4 Å². The number of aromatic nitrogens is 1. The van der Waals surface area contributed by atoms with Gasteiger partial charge in [-0.15, -0.1) is 12.4 Å². The highest BCUT2D eigenvalue weighted by molar-refractivity contribution is 5.91. The number of nitrogens with zero attached hydrogens (tertiary/aromatic N) is 1. The Kier molecular flexibility index (Phi) is 4.76. The molecule has 1 aliphatic rings. The summed E-state index contributed by atoms with van der Waals surface area (Å²) in [5.74, 6) is 0.113. The van der Waals surface area contributed by atoms with E-state index in [4.69, 9.17) is 4.52 Å². The minimum Gasteiger partial charge on any atom is -0.351 e. The molecular weight excluding hydrogens is 230 g/mol. The average Bonchev–Trinajstić information content (AvgIpc) is 2.66. The number of nitrogens with one attached hydrogen (secondary N) is 2. The van der Waals surface area contributed by atoms with E-state index >= 15 is 0 Å². The monoisotopic (exact) mass is 245 g/mol. The molecule has 0 radical (unpaired) electrons. The van der Waals surface area contributed by atoms with Gasteiger partial charge >= 0.3 is 0 Å². The van der Waals surface area contributed by atoms with Gasteiger partial charge in [0.2, 0.25) is 5.76 Å². The van der Waals surface area contributed by atoms with Gasteiger partial charge in [0.05, 0.1) is 5.69 Å². The first kappa shape index (κ1) is 13.0. The summed E-state index contributed by atoms with van der Waals surface area (Å²) >= 11 is 0. The zero-order valence-electron chi connectivity index (χ0n) is 9.16. The number of carbonyl (C=O) groups is 1. The predicted molar refractivity (Wildman–Crippen MR) is 61.8 cm³/mol. The van der Waals surface area contributed by atoms with Gasteiger partial charge in [0, 0.05) is 18.7 Å². The molecule has 1 amide bonds. The molecule has 2 rings (SSSR count). The summed E-state index contributed by atoms with van der Waals surface area (Å²) in [6, 6.07) is 1.85. The topological polar surface area (TPSA) is 67.2 Å². The minimum atomic E-state index is -0.177. The maximum absolute atomic E-state index is 11.7. The first-order valence-corrected chi connectivity index (χ1v) is 5.20. The molecule has 1 atom stereocenters. The van der Waals surface area contributed by atoms with E-state index in [1.54, 1.807) is 13.0 Å². The van der Waals surface area contributed by atoms with Crippen LogP contribution < -0.4 is 10.6 Å². The number of hydrogen-bond acceptors (Lipinski definition) is 4. The van der Waals surface area contributed by atoms with Crippen molar-refractivity contribution in [1.29, 1.82) is 0 Å². The largest absolute Gasteiger partial charge is 0.351 e. The van der Waals surface area contributed by atoms with Crippen LogP contribution in [0, 0.1) is 6.92 Å². The van der Waals surface area contributed by atoms with Crippen LogP contribution in [-0.2, 0) is 0 Å². The summed E-state index contributed by atoms with van der Waals surface area (Å²) in [6.07, 6.45) is 2.12. The highest BCUT2D eigenvalue weighted by Gasteiger charge is 2.18. The van der Waals surface area contributed by atoms with Crippen molar-refractivity contribution in [1.82, 2.24) is 15.8 Å². The van der Waals surface area contributed by atoms with E-state index < -0.39 is 0 Å². The first-order chi connectivity index (χ1) is 7.25. The highest BCUT2D eigenvalue weighted by Crippen LogP contribution is 2.05. The zero-order chi connectivity index (χ0) is 10.7. The van der Waals surface area contributed by atoms with E-state index in [1.807, 2.05) is 0 Å². The second kappa shape index (κ2) is 5.86. The lowest BCUT2D eigenvalue weighted by atomic mass is 10.1. The van der Waals surface area contributed by atoms with Crippen molar-refractivity contribution in [2.45, 2.75) is 25.8 Å². The molecule has 0 saturated carbocycles. The fourth-order valence-electron chi connectivity index (χ4n) is 1.70. The Morgan fingerprint density at radius 3 is 3.06 bits per heavy atom. The van der Waals surface area contributed by atoms with Gasteiger partial charge in [0.15, 0.2) is 0 Å². The third-order valence-electron chi connectivity index (χ3n) is 2.48. The standard InChI is InChI=1S/C10H15N3O2.ClH/c1-7-5-9(15-13-7)10(14)12-8-3-2-4-11-6-8;/h5,8,11H,2-4,6H2,1H3,(H,12,14);1H. The molecule has 2 heterocycles. The van der Waals surface area contributed by atoms with E-state index in [-0.39, 0.29) is 30.1 Å². The van der Waals surface area contributed by atoms with Crippen LogP contribution in [0.25, 0.3) is 0 Å². The molecule has 0 bridgehead atoms. The third-order valence-corrected chi connectivity index (χ3v) is 2.48. The maximum Gasteiger partial charge on any atom is 0.290 e. The summed E-state index contributed by atoms with van der Waals surface area (Å²) < 4.78 is 4.89. The van der Waals surface area contributed by atoms with Crippen LogP contribution in [0.3, 0.4) is 0 Å². The molecule has 0 aliphatic carbocycles. The van der Waals surface area contributed by atoms with Crippen LogP contribution in [0.1, 0.15) is 29.1 Å². The molecule has 2 N–H and O–H groups in total. The van der Waals surface area contributed by atoms with E-state index in [0.717, 1.165) is 31.6 Å². The Hall–Kier alpha value is -1.07. The summed E-state index contributed by atoms with van der Waals surface area (Å²) in [6.45, 7) is 3.66. The number of piperidine rings is 1. The Bertz CT molecular complexity index is 348. The lowest BCUT2D eigenvalue weighted by molar-refractivity contribution is 0.0893. The number of halogens is 1. The van der Waals surface area contributed by atoms with Crippen LogP contribution in [-0.4, -0.2) is 30.2 Å². The summed E-state index contributed by atoms with van der Waals surface area (Å²) in [5, 5.41) is 9.83. The van der Waals surface area contributed by atoms with Crippen molar-refractivity contribution in [2.24, 2.45) is 0 Å². The average molecular weight is 246 g/mol. The SMILES string of the molecule is Cc1cc(C(=O)NC2CCCNC2)on1.Cl. The van der Waals surface area contributed by atoms with E-state index in [0.29, 0.717) is 0 Å². The van der Waals surface area contributed by atoms with E-state index in [2.05, 4.69) is 15.8 Å². The molecule has 1 unspecified atom stereocenters. The van der Waals surface area contributed by atoms with Gasteiger partial charge in [-0.25, -0.2) is 0 Å². The minimum absolute atomic E-state index is 0. The van der Waals surface area contributed by atoms with Gasteiger partial charge < -0.3 is 15.2 Å². The van der Waals surface area contributed by atoms with Crippen LogP contribution in [0.15, 0.2) is 10.6 Å². The zero-order valence-corrected chi connectivity index (χ0v) is 9.97. The van der Waals surface area contributed by atoms with Crippen molar-refractivity contribution in [3.8, 4) is 0 Å². The third kappa shape index (κ3) is 3.21. The summed E-state index contributed by atoms with van der Waals surface area (Å²) in [7, 11) is 0. The molecule has 0 aromatic carbocycles. The van der Waals surface area contributed by atoms with E-state index in [9.17, 15) is 4.79 Å². The molecular formula is C10H16ClN3O2. The van der Waals surface area contributed by atoms with Gasteiger partial charge in [-0.3, -0.25) is 4.79 Å². The quantitative estimate of drug-likeness (QED) is 0.812. The van der Waals surface area contributed by atoms with Crippen molar-refractivity contribution < 1.29 is 9.32 Å². The van der Waals surface area contributed by atoms with Crippen LogP contribution in [0.5, 0.6) is 0 Å². The van der Waals surface area contributed by atoms with Crippen molar-refractivity contribution in [2.75, 3.05) is 13.1 Å². The molecule has 5 nitrogen and oxygen atoms in total. The Morgan fingerprint density at radius 2 is 2.50 bits per heavy atom. The highest BCUT2D eigenvalue weighted by atomic mass is 35.5. The molecule has 16 heavy (non-hydrogen) atoms. The van der Waals surface area contributed by atoms with Crippen molar-refractivity contribution in [3.63, 3.8) is 0 Å². The molecule has 0 spiro atoms. The second-order valence-corrected chi connectivity index (χ2v) is 3.85. The first-order valence-electron chi connectivity index (χ1n) is 5.20. The molecule has 1 fully saturated rings. The molecule has 1 aromatic heterocycles. The lowest BCUT2D eigenvalue weighted by Crippen LogP contribution is -2.45. The van der Waals surface area contributed by atoms with Gasteiger partial charge in [-0.05, 0) is 26.3 Å². The number of aryl methyl sites for hydroxylation is 1. The molecule has 90 valence electrons. The lowest BCUT2D eigenvalue weighted by Gasteiger charge is -2.23. The smallest absolute Gasteiger partial charge is 0.290 e. The van der Waals surface area contributed by atoms with Gasteiger partial charge in [-0.2, -0.15) is 0 Å². The van der Waals surface area contributed by atoms with Crippen LogP contribution in [0.2, 0.25) is 0 Å². The van der Waals surface area contributed by atoms with Crippen molar-refractivity contribution in [3.05, 3.63) is 17.5 Å². The summed E-state index contributed by atoms with van der Waals surface area (Å²) in [5.41, 5.74) is 0.724. The number of amides is 1. The number of rotatable bonds is 2. The molecule has 1 aromatic rings. The van der Waals surface area contributed by atoms with E-state index in [1.165, 1.54) is 0 Å². The van der Waals surface area contributed by atoms with Gasteiger partial charge in [-0.1, -0.05) is 5.16 Å². The Morgan fingerprint density at radius 1 is 1.69 bits per heavy atom. The number of carbonyl (C=O) groups excluding carboxylic acids is 1. The fraction of sp³-hybridized carbons (Fsp3) is 0.600. The molecule has 6 heteroatoms. The van der Waals surface area contributed by atoms with Crippen molar-refractivity contribution >= 4 is 18.3 Å². The Balaban J connectivity index is 0.00000128. The fourth-order valence-corrected chi connectivity index (χ4v) is 1.70. The van der Waals surface area contributed by atoms with Crippen LogP contribution in [0.4, 0.5) is 0 Å². The Labute approximate surface area is 100 Å². The molecule has 1 aliphatic heterocycles.